The van der Waals surface area contributed by atoms with Crippen LogP contribution in [-0.2, 0) is 11.8 Å². The Kier molecular flexibility index (Phi) is 5.63. The number of aldehydes is 1. The lowest BCUT2D eigenvalue weighted by atomic mass is 10.1. The van der Waals surface area contributed by atoms with Gasteiger partial charge >= 0.3 is 0 Å². The van der Waals surface area contributed by atoms with Crippen molar-refractivity contribution < 1.29 is 9.53 Å². The number of hydrogen-bond acceptors (Lipinski definition) is 5. The molecule has 1 aromatic heterocycles. The summed E-state index contributed by atoms with van der Waals surface area (Å²) in [7, 11) is 1.75. The van der Waals surface area contributed by atoms with E-state index >= 15 is 0 Å². The third-order valence-corrected chi connectivity index (χ3v) is 3.44. The zero-order valence-corrected chi connectivity index (χ0v) is 13.4. The van der Waals surface area contributed by atoms with Gasteiger partial charge in [-0.2, -0.15) is 4.80 Å². The molecule has 22 heavy (non-hydrogen) atoms. The first-order chi connectivity index (χ1) is 10.6. The minimum absolute atomic E-state index is 0.620. The average molecular weight is 302 g/mol. The van der Waals surface area contributed by atoms with Gasteiger partial charge in [0.05, 0.1) is 13.7 Å². The molecule has 2 aromatic rings. The van der Waals surface area contributed by atoms with Gasteiger partial charge in [-0.25, -0.2) is 0 Å². The molecule has 6 nitrogen and oxygen atoms in total. The second kappa shape index (κ2) is 7.68. The number of aromatic nitrogens is 4. The molecule has 0 atom stereocenters. The van der Waals surface area contributed by atoms with Crippen LogP contribution in [0.4, 0.5) is 0 Å². The van der Waals surface area contributed by atoms with Gasteiger partial charge in [0.25, 0.3) is 0 Å². The molecule has 0 aliphatic rings. The van der Waals surface area contributed by atoms with Crippen molar-refractivity contribution in [2.45, 2.75) is 39.5 Å². The van der Waals surface area contributed by atoms with Crippen LogP contribution in [0, 0.1) is 13.8 Å². The summed E-state index contributed by atoms with van der Waals surface area (Å²) in [5, 5.41) is 12.1. The van der Waals surface area contributed by atoms with Crippen molar-refractivity contribution in [2.75, 3.05) is 6.61 Å². The van der Waals surface area contributed by atoms with Crippen LogP contribution in [0.2, 0.25) is 0 Å². The molecule has 0 N–H and O–H groups in total. The molecule has 0 spiro atoms. The van der Waals surface area contributed by atoms with Crippen molar-refractivity contribution in [1.82, 2.24) is 20.2 Å². The van der Waals surface area contributed by atoms with Crippen LogP contribution in [0.3, 0.4) is 0 Å². The summed E-state index contributed by atoms with van der Waals surface area (Å²) in [5.74, 6) is 1.54. The van der Waals surface area contributed by atoms with E-state index in [1.54, 1.807) is 7.05 Å². The number of rotatable bonds is 8. The van der Waals surface area contributed by atoms with Crippen molar-refractivity contribution in [2.24, 2.45) is 7.05 Å². The highest BCUT2D eigenvalue weighted by Crippen LogP contribution is 2.28. The van der Waals surface area contributed by atoms with E-state index < -0.39 is 0 Å². The predicted molar refractivity (Wildman–Crippen MR) is 83.7 cm³/mol. The molecular weight excluding hydrogens is 280 g/mol. The topological polar surface area (TPSA) is 69.9 Å². The Labute approximate surface area is 130 Å². The molecule has 0 radical (unpaired) electrons. The number of tetrazole rings is 1. The van der Waals surface area contributed by atoms with E-state index in [2.05, 4.69) is 15.4 Å². The third kappa shape index (κ3) is 4.13. The standard InChI is InChI=1S/C16H22N4O2/c1-12-10-14(16-17-19-20(3)18-16)11-13(2)15(12)22-9-7-5-4-6-8-21/h8,10-11H,4-7,9H2,1-3H3. The molecule has 0 saturated heterocycles. The van der Waals surface area contributed by atoms with E-state index in [0.717, 1.165) is 48.0 Å². The van der Waals surface area contributed by atoms with E-state index in [1.165, 1.54) is 4.80 Å². The minimum Gasteiger partial charge on any atom is -0.493 e. The summed E-state index contributed by atoms with van der Waals surface area (Å²) in [6.07, 6.45) is 4.51. The molecular formula is C16H22N4O2. The number of benzene rings is 1. The van der Waals surface area contributed by atoms with Gasteiger partial charge in [-0.1, -0.05) is 0 Å². The lowest BCUT2D eigenvalue weighted by Gasteiger charge is -2.13. The summed E-state index contributed by atoms with van der Waals surface area (Å²) < 4.78 is 5.89. The second-order valence-corrected chi connectivity index (χ2v) is 5.41. The first-order valence-electron chi connectivity index (χ1n) is 7.54. The maximum absolute atomic E-state index is 10.3. The van der Waals surface area contributed by atoms with Crippen molar-refractivity contribution in [3.63, 3.8) is 0 Å². The normalized spacial score (nSPS) is 10.7. The number of carbonyl (C=O) groups is 1. The minimum atomic E-state index is 0.620. The van der Waals surface area contributed by atoms with Gasteiger partial charge in [0, 0.05) is 12.0 Å². The van der Waals surface area contributed by atoms with Crippen molar-refractivity contribution in [1.29, 1.82) is 0 Å². The first kappa shape index (κ1) is 16.1. The fourth-order valence-electron chi connectivity index (χ4n) is 2.39. The van der Waals surface area contributed by atoms with Gasteiger partial charge < -0.3 is 9.53 Å². The summed E-state index contributed by atoms with van der Waals surface area (Å²) in [6, 6.07) is 4.04. The zero-order chi connectivity index (χ0) is 15.9. The highest BCUT2D eigenvalue weighted by atomic mass is 16.5. The maximum Gasteiger partial charge on any atom is 0.204 e. The molecule has 0 aliphatic carbocycles. The van der Waals surface area contributed by atoms with Gasteiger partial charge in [-0.3, -0.25) is 0 Å². The van der Waals surface area contributed by atoms with Crippen LogP contribution < -0.4 is 4.74 Å². The fraction of sp³-hybridized carbons (Fsp3) is 0.500. The van der Waals surface area contributed by atoms with Crippen LogP contribution in [-0.4, -0.2) is 33.1 Å². The van der Waals surface area contributed by atoms with Crippen LogP contribution in [0.15, 0.2) is 12.1 Å². The molecule has 0 amide bonds. The number of carbonyl (C=O) groups excluding carboxylic acids is 1. The van der Waals surface area contributed by atoms with Crippen molar-refractivity contribution in [3.05, 3.63) is 23.3 Å². The van der Waals surface area contributed by atoms with Gasteiger partial charge in [-0.05, 0) is 61.6 Å². The van der Waals surface area contributed by atoms with Crippen molar-refractivity contribution in [3.8, 4) is 17.1 Å². The number of unbranched alkanes of at least 4 members (excludes halogenated alkanes) is 3. The highest BCUT2D eigenvalue weighted by Gasteiger charge is 2.11. The summed E-state index contributed by atoms with van der Waals surface area (Å²) in [6.45, 7) is 4.71. The molecule has 0 saturated carbocycles. The Hall–Kier alpha value is -2.24. The lowest BCUT2D eigenvalue weighted by Crippen LogP contribution is -2.01. The van der Waals surface area contributed by atoms with Crippen LogP contribution in [0.25, 0.3) is 11.4 Å². The third-order valence-electron chi connectivity index (χ3n) is 3.44. The largest absolute Gasteiger partial charge is 0.493 e. The van der Waals surface area contributed by atoms with Gasteiger partial charge in [0.15, 0.2) is 0 Å². The van der Waals surface area contributed by atoms with E-state index in [4.69, 9.17) is 4.74 Å². The molecule has 118 valence electrons. The Morgan fingerprint density at radius 1 is 1.18 bits per heavy atom. The highest BCUT2D eigenvalue weighted by molar-refractivity contribution is 5.60. The van der Waals surface area contributed by atoms with Crippen LogP contribution >= 0.6 is 0 Å². The monoisotopic (exact) mass is 302 g/mol. The second-order valence-electron chi connectivity index (χ2n) is 5.41. The molecule has 2 rings (SSSR count). The van der Waals surface area contributed by atoms with E-state index in [-0.39, 0.29) is 0 Å². The van der Waals surface area contributed by atoms with Crippen LogP contribution in [0.5, 0.6) is 5.75 Å². The van der Waals surface area contributed by atoms with Gasteiger partial charge in [0.2, 0.25) is 5.82 Å². The SMILES string of the molecule is Cc1cc(-c2nnn(C)n2)cc(C)c1OCCCCCC=O. The predicted octanol–water partition coefficient (Wildman–Crippen LogP) is 2.63. The van der Waals surface area contributed by atoms with Gasteiger partial charge in [-0.15, -0.1) is 10.2 Å². The molecule has 0 unspecified atom stereocenters. The molecule has 1 heterocycles. The maximum atomic E-state index is 10.3. The Bertz CT molecular complexity index is 614. The summed E-state index contributed by atoms with van der Waals surface area (Å²) >= 11 is 0. The Balaban J connectivity index is 1.99. The van der Waals surface area contributed by atoms with E-state index in [9.17, 15) is 4.79 Å². The van der Waals surface area contributed by atoms with E-state index in [0.29, 0.717) is 18.9 Å². The Morgan fingerprint density at radius 2 is 1.91 bits per heavy atom. The summed E-state index contributed by atoms with van der Waals surface area (Å²) in [4.78, 5) is 11.7. The quantitative estimate of drug-likeness (QED) is 0.554. The van der Waals surface area contributed by atoms with E-state index in [1.807, 2.05) is 26.0 Å². The molecule has 6 heteroatoms. The molecule has 1 aromatic carbocycles. The number of nitrogens with zero attached hydrogens (tertiary/aromatic N) is 4. The van der Waals surface area contributed by atoms with Crippen LogP contribution in [0.1, 0.15) is 36.8 Å². The van der Waals surface area contributed by atoms with Crippen molar-refractivity contribution >= 4 is 6.29 Å². The fourth-order valence-corrected chi connectivity index (χ4v) is 2.39. The molecule has 0 bridgehead atoms. The number of ether oxygens (including phenoxy) is 1. The molecule has 0 fully saturated rings. The van der Waals surface area contributed by atoms with Gasteiger partial charge in [0.1, 0.15) is 12.0 Å². The molecule has 0 aliphatic heterocycles. The summed E-state index contributed by atoms with van der Waals surface area (Å²) in [5.41, 5.74) is 3.08. The number of aryl methyl sites for hydroxylation is 3. The average Bonchev–Trinajstić information content (AvgIpc) is 2.91. The number of hydrogen-bond donors (Lipinski definition) is 0. The zero-order valence-electron chi connectivity index (χ0n) is 13.4. The first-order valence-corrected chi connectivity index (χ1v) is 7.54. The smallest absolute Gasteiger partial charge is 0.204 e. The lowest BCUT2D eigenvalue weighted by molar-refractivity contribution is -0.107. The Morgan fingerprint density at radius 3 is 2.50 bits per heavy atom.